The summed E-state index contributed by atoms with van der Waals surface area (Å²) in [6.45, 7) is 8.57. The molecule has 23 heavy (non-hydrogen) atoms. The van der Waals surface area contributed by atoms with E-state index in [2.05, 4.69) is 4.98 Å². The predicted octanol–water partition coefficient (Wildman–Crippen LogP) is 3.11. The molecule has 1 aromatic rings. The first-order chi connectivity index (χ1) is 10.5. The lowest BCUT2D eigenvalue weighted by Crippen LogP contribution is -2.54. The number of carbonyl (C=O) groups excluding carboxylic acids is 1. The minimum absolute atomic E-state index is 0.295. The molecular formula is C17H26N2O4. The number of rotatable bonds is 6. The van der Waals surface area contributed by atoms with Crippen LogP contribution in [0.3, 0.4) is 0 Å². The average Bonchev–Trinajstić information content (AvgIpc) is 2.42. The van der Waals surface area contributed by atoms with Gasteiger partial charge in [0.1, 0.15) is 11.1 Å². The molecule has 0 radical (unpaired) electrons. The number of nitrogens with zero attached hydrogens (tertiary/aromatic N) is 2. The minimum Gasteiger partial charge on any atom is -0.480 e. The molecular weight excluding hydrogens is 296 g/mol. The number of carboxylic acids is 1. The van der Waals surface area contributed by atoms with E-state index in [-0.39, 0.29) is 0 Å². The van der Waals surface area contributed by atoms with Gasteiger partial charge in [0.05, 0.1) is 0 Å². The van der Waals surface area contributed by atoms with Gasteiger partial charge in [-0.25, -0.2) is 9.59 Å². The van der Waals surface area contributed by atoms with Crippen LogP contribution in [0, 0.1) is 0 Å². The third-order valence-corrected chi connectivity index (χ3v) is 3.38. The van der Waals surface area contributed by atoms with Crippen LogP contribution in [0.15, 0.2) is 24.5 Å². The molecule has 0 atom stereocenters. The zero-order valence-electron chi connectivity index (χ0n) is 14.5. The van der Waals surface area contributed by atoms with E-state index in [0.717, 1.165) is 5.56 Å². The molecule has 0 aliphatic rings. The Hall–Kier alpha value is -2.11. The number of amides is 1. The highest BCUT2D eigenvalue weighted by Crippen LogP contribution is 2.20. The zero-order chi connectivity index (χ0) is 17.7. The summed E-state index contributed by atoms with van der Waals surface area (Å²) in [6.07, 6.45) is 4.19. The van der Waals surface area contributed by atoms with Crippen LogP contribution in [0.1, 0.15) is 46.6 Å². The third-order valence-electron chi connectivity index (χ3n) is 3.38. The van der Waals surface area contributed by atoms with Crippen molar-refractivity contribution in [3.8, 4) is 0 Å². The smallest absolute Gasteiger partial charge is 0.411 e. The van der Waals surface area contributed by atoms with Gasteiger partial charge in [0, 0.05) is 18.9 Å². The summed E-state index contributed by atoms with van der Waals surface area (Å²) in [5.74, 6) is -1.07. The second kappa shape index (κ2) is 7.44. The summed E-state index contributed by atoms with van der Waals surface area (Å²) in [5.41, 5.74) is -0.963. The molecule has 0 saturated heterocycles. The van der Waals surface area contributed by atoms with Crippen molar-refractivity contribution in [1.29, 1.82) is 0 Å². The van der Waals surface area contributed by atoms with Crippen LogP contribution in [0.4, 0.5) is 4.79 Å². The third kappa shape index (κ3) is 5.88. The highest BCUT2D eigenvalue weighted by molar-refractivity contribution is 5.83. The summed E-state index contributed by atoms with van der Waals surface area (Å²) in [7, 11) is 0. The normalized spacial score (nSPS) is 11.9. The second-order valence-electron chi connectivity index (χ2n) is 6.96. The van der Waals surface area contributed by atoms with Gasteiger partial charge >= 0.3 is 12.1 Å². The summed E-state index contributed by atoms with van der Waals surface area (Å²) < 4.78 is 5.35. The van der Waals surface area contributed by atoms with E-state index in [1.165, 1.54) is 18.7 Å². The summed E-state index contributed by atoms with van der Waals surface area (Å²) in [4.78, 5) is 29.2. The molecule has 1 rings (SSSR count). The lowest BCUT2D eigenvalue weighted by atomic mass is 10.0. The quantitative estimate of drug-likeness (QED) is 0.870. The Morgan fingerprint density at radius 1 is 1.26 bits per heavy atom. The molecule has 0 bridgehead atoms. The van der Waals surface area contributed by atoms with E-state index >= 15 is 0 Å². The number of carbonyl (C=O) groups is 2. The monoisotopic (exact) mass is 322 g/mol. The summed E-state index contributed by atoms with van der Waals surface area (Å²) in [6, 6.07) is 3.80. The molecule has 0 fully saturated rings. The molecule has 1 aromatic heterocycles. The van der Waals surface area contributed by atoms with Gasteiger partial charge in [0.15, 0.2) is 0 Å². The van der Waals surface area contributed by atoms with Crippen molar-refractivity contribution in [2.45, 2.75) is 58.6 Å². The number of hydrogen-bond acceptors (Lipinski definition) is 4. The maximum absolute atomic E-state index is 12.4. The van der Waals surface area contributed by atoms with Crippen molar-refractivity contribution in [2.75, 3.05) is 6.54 Å². The van der Waals surface area contributed by atoms with E-state index in [0.29, 0.717) is 19.4 Å². The summed E-state index contributed by atoms with van der Waals surface area (Å²) in [5, 5.41) is 9.42. The highest BCUT2D eigenvalue weighted by Gasteiger charge is 2.39. The number of aryl methyl sites for hydroxylation is 1. The van der Waals surface area contributed by atoms with Gasteiger partial charge in [-0.15, -0.1) is 0 Å². The molecule has 0 saturated carbocycles. The minimum atomic E-state index is -1.34. The van der Waals surface area contributed by atoms with Gasteiger partial charge in [0.2, 0.25) is 0 Å². The lowest BCUT2D eigenvalue weighted by molar-refractivity contribution is -0.149. The molecule has 1 amide bonds. The molecule has 0 aliphatic carbocycles. The highest BCUT2D eigenvalue weighted by atomic mass is 16.6. The first-order valence-electron chi connectivity index (χ1n) is 7.67. The lowest BCUT2D eigenvalue weighted by Gasteiger charge is -2.36. The number of ether oxygens (including phenoxy) is 1. The second-order valence-corrected chi connectivity index (χ2v) is 6.96. The topological polar surface area (TPSA) is 79.7 Å². The number of hydrogen-bond donors (Lipinski definition) is 1. The van der Waals surface area contributed by atoms with Crippen molar-refractivity contribution in [3.05, 3.63) is 30.1 Å². The molecule has 0 aliphatic heterocycles. The number of pyridine rings is 1. The average molecular weight is 322 g/mol. The van der Waals surface area contributed by atoms with Crippen LogP contribution < -0.4 is 0 Å². The van der Waals surface area contributed by atoms with E-state index in [1.807, 2.05) is 12.1 Å². The van der Waals surface area contributed by atoms with Crippen LogP contribution in [0.25, 0.3) is 0 Å². The van der Waals surface area contributed by atoms with Crippen LogP contribution in [0.5, 0.6) is 0 Å². The molecule has 0 unspecified atom stereocenters. The van der Waals surface area contributed by atoms with Gasteiger partial charge in [-0.3, -0.25) is 9.88 Å². The van der Waals surface area contributed by atoms with Crippen molar-refractivity contribution in [3.63, 3.8) is 0 Å². The first kappa shape index (κ1) is 18.9. The maximum atomic E-state index is 12.4. The Balaban J connectivity index is 2.79. The van der Waals surface area contributed by atoms with Crippen molar-refractivity contribution >= 4 is 12.1 Å². The molecule has 128 valence electrons. The van der Waals surface area contributed by atoms with Crippen molar-refractivity contribution < 1.29 is 19.4 Å². The van der Waals surface area contributed by atoms with Gasteiger partial charge < -0.3 is 9.84 Å². The Morgan fingerprint density at radius 3 is 2.39 bits per heavy atom. The van der Waals surface area contributed by atoms with E-state index in [9.17, 15) is 14.7 Å². The summed E-state index contributed by atoms with van der Waals surface area (Å²) >= 11 is 0. The van der Waals surface area contributed by atoms with Crippen molar-refractivity contribution in [1.82, 2.24) is 9.88 Å². The van der Waals surface area contributed by atoms with Gasteiger partial charge in [-0.2, -0.15) is 0 Å². The first-order valence-corrected chi connectivity index (χ1v) is 7.67. The maximum Gasteiger partial charge on any atom is 0.411 e. The van der Waals surface area contributed by atoms with E-state index < -0.39 is 23.2 Å². The molecule has 0 spiro atoms. The SMILES string of the molecule is CC(C)(C)OC(=O)N(CCCc1cccnc1)C(C)(C)C(=O)O. The number of aliphatic carboxylic acids is 1. The van der Waals surface area contributed by atoms with E-state index in [4.69, 9.17) is 4.74 Å². The van der Waals surface area contributed by atoms with Crippen molar-refractivity contribution in [2.24, 2.45) is 0 Å². The molecule has 1 N–H and O–H groups in total. The zero-order valence-corrected chi connectivity index (χ0v) is 14.5. The van der Waals surface area contributed by atoms with Gasteiger partial charge in [0.25, 0.3) is 0 Å². The molecule has 0 aromatic carbocycles. The van der Waals surface area contributed by atoms with E-state index in [1.54, 1.807) is 33.2 Å². The predicted molar refractivity (Wildman–Crippen MR) is 87.2 cm³/mol. The van der Waals surface area contributed by atoms with Crippen LogP contribution in [-0.4, -0.2) is 44.7 Å². The fraction of sp³-hybridized carbons (Fsp3) is 0.588. The van der Waals surface area contributed by atoms with Gasteiger partial charge in [-0.1, -0.05) is 6.07 Å². The van der Waals surface area contributed by atoms with Crippen LogP contribution in [-0.2, 0) is 16.0 Å². The molecule has 6 heteroatoms. The fourth-order valence-electron chi connectivity index (χ4n) is 2.02. The largest absolute Gasteiger partial charge is 0.480 e. The number of aromatic nitrogens is 1. The van der Waals surface area contributed by atoms with Crippen LogP contribution >= 0.6 is 0 Å². The van der Waals surface area contributed by atoms with Crippen LogP contribution in [0.2, 0.25) is 0 Å². The Kier molecular flexibility index (Phi) is 6.12. The standard InChI is InChI=1S/C17H26N2O4/c1-16(2,3)23-15(22)19(17(4,5)14(20)21)11-7-9-13-8-6-10-18-12-13/h6,8,10,12H,7,9,11H2,1-5H3,(H,20,21). The Bertz CT molecular complexity index is 535. The fourth-order valence-corrected chi connectivity index (χ4v) is 2.02. The molecule has 1 heterocycles. The Labute approximate surface area is 137 Å². The van der Waals surface area contributed by atoms with Gasteiger partial charge in [-0.05, 0) is 59.1 Å². The Morgan fingerprint density at radius 2 is 1.91 bits per heavy atom. The number of carboxylic acid groups (broad SMARTS) is 1. The molecule has 6 nitrogen and oxygen atoms in total.